The molecule has 1 saturated heterocycles. The third-order valence-electron chi connectivity index (χ3n) is 5.65. The Hall–Kier alpha value is -2.67. The van der Waals surface area contributed by atoms with E-state index in [4.69, 9.17) is 4.74 Å². The van der Waals surface area contributed by atoms with Gasteiger partial charge in [-0.3, -0.25) is 14.7 Å². The Balaban J connectivity index is 1.72. The van der Waals surface area contributed by atoms with Gasteiger partial charge in [0.1, 0.15) is 0 Å². The van der Waals surface area contributed by atoms with Crippen LogP contribution in [0.1, 0.15) is 54.2 Å². The lowest BCUT2D eigenvalue weighted by atomic mass is 9.82. The summed E-state index contributed by atoms with van der Waals surface area (Å²) in [5.41, 5.74) is 1.75. The second-order valence-electron chi connectivity index (χ2n) is 8.03. The molecule has 0 aliphatic carbocycles. The second-order valence-corrected chi connectivity index (χ2v) is 8.03. The van der Waals surface area contributed by atoms with Gasteiger partial charge < -0.3 is 15.0 Å². The highest BCUT2D eigenvalue weighted by molar-refractivity contribution is 5.95. The van der Waals surface area contributed by atoms with Gasteiger partial charge in [-0.15, -0.1) is 0 Å². The number of H-pyrrole nitrogens is 1. The van der Waals surface area contributed by atoms with Crippen LogP contribution in [0.5, 0.6) is 0 Å². The Labute approximate surface area is 171 Å². The molecular weight excluding hydrogens is 368 g/mol. The molecule has 3 rings (SSSR count). The van der Waals surface area contributed by atoms with Crippen molar-refractivity contribution >= 4 is 11.8 Å². The number of likely N-dealkylation sites (tertiary alicyclic amines) is 1. The predicted molar refractivity (Wildman–Crippen MR) is 111 cm³/mol. The van der Waals surface area contributed by atoms with E-state index in [9.17, 15) is 9.59 Å². The molecular formula is C22H30N4O3. The number of methoxy groups -OCH3 is 1. The smallest absolute Gasteiger partial charge is 0.254 e. The summed E-state index contributed by atoms with van der Waals surface area (Å²) in [5, 5.41) is 9.93. The lowest BCUT2D eigenvalue weighted by Crippen LogP contribution is -2.47. The Bertz CT molecular complexity index is 832. The number of aromatic nitrogens is 2. The minimum Gasteiger partial charge on any atom is -0.383 e. The van der Waals surface area contributed by atoms with Crippen LogP contribution in [-0.2, 0) is 14.9 Å². The fraction of sp³-hybridized carbons (Fsp3) is 0.500. The van der Waals surface area contributed by atoms with E-state index in [-0.39, 0.29) is 17.7 Å². The number of ether oxygens (including phenoxy) is 1. The molecule has 1 aliphatic heterocycles. The number of hydrogen-bond donors (Lipinski definition) is 2. The maximum absolute atomic E-state index is 13.3. The van der Waals surface area contributed by atoms with Gasteiger partial charge in [-0.1, -0.05) is 30.3 Å². The Morgan fingerprint density at radius 1 is 1.31 bits per heavy atom. The number of carbonyl (C=O) groups is 2. The van der Waals surface area contributed by atoms with Crippen molar-refractivity contribution in [2.75, 3.05) is 33.4 Å². The van der Waals surface area contributed by atoms with E-state index in [1.54, 1.807) is 13.3 Å². The van der Waals surface area contributed by atoms with Gasteiger partial charge in [0.2, 0.25) is 5.91 Å². The molecule has 1 aliphatic rings. The summed E-state index contributed by atoms with van der Waals surface area (Å²) in [6.07, 6.45) is 3.37. The molecule has 1 aromatic carbocycles. The molecule has 0 radical (unpaired) electrons. The van der Waals surface area contributed by atoms with Crippen LogP contribution in [0.2, 0.25) is 0 Å². The monoisotopic (exact) mass is 398 g/mol. The van der Waals surface area contributed by atoms with E-state index in [1.807, 2.05) is 49.1 Å². The van der Waals surface area contributed by atoms with E-state index < -0.39 is 5.41 Å². The predicted octanol–water partition coefficient (Wildman–Crippen LogP) is 2.47. The number of carbonyl (C=O) groups excluding carboxylic acids is 2. The lowest BCUT2D eigenvalue weighted by molar-refractivity contribution is -0.137. The summed E-state index contributed by atoms with van der Waals surface area (Å²) in [6, 6.07) is 9.87. The Morgan fingerprint density at radius 3 is 2.79 bits per heavy atom. The molecule has 156 valence electrons. The minimum atomic E-state index is -0.600. The number of nitrogens with one attached hydrogen (secondary N) is 2. The number of rotatable bonds is 7. The molecule has 0 bridgehead atoms. The van der Waals surface area contributed by atoms with Gasteiger partial charge in [-0.05, 0) is 32.3 Å². The van der Waals surface area contributed by atoms with E-state index >= 15 is 0 Å². The normalized spacial score (nSPS) is 17.2. The molecule has 29 heavy (non-hydrogen) atoms. The number of nitrogens with zero attached hydrogens (tertiary/aromatic N) is 2. The summed E-state index contributed by atoms with van der Waals surface area (Å²) in [5.74, 6) is 0.00262. The van der Waals surface area contributed by atoms with Crippen LogP contribution in [0.15, 0.2) is 36.5 Å². The van der Waals surface area contributed by atoms with Crippen LogP contribution in [0.3, 0.4) is 0 Å². The molecule has 2 aromatic rings. The van der Waals surface area contributed by atoms with Gasteiger partial charge in [0.25, 0.3) is 5.91 Å². The third kappa shape index (κ3) is 4.67. The van der Waals surface area contributed by atoms with Gasteiger partial charge in [0.15, 0.2) is 0 Å². The zero-order valence-corrected chi connectivity index (χ0v) is 17.4. The first kappa shape index (κ1) is 21.0. The van der Waals surface area contributed by atoms with Crippen molar-refractivity contribution in [1.29, 1.82) is 0 Å². The van der Waals surface area contributed by atoms with Crippen molar-refractivity contribution in [3.8, 4) is 0 Å². The van der Waals surface area contributed by atoms with E-state index in [1.165, 1.54) is 0 Å². The van der Waals surface area contributed by atoms with Gasteiger partial charge in [0, 0.05) is 32.7 Å². The first-order valence-electron chi connectivity index (χ1n) is 10.1. The summed E-state index contributed by atoms with van der Waals surface area (Å²) in [7, 11) is 1.60. The first-order valence-corrected chi connectivity index (χ1v) is 10.1. The summed E-state index contributed by atoms with van der Waals surface area (Å²) in [6.45, 7) is 6.16. The van der Waals surface area contributed by atoms with Gasteiger partial charge >= 0.3 is 0 Å². The highest BCUT2D eigenvalue weighted by Crippen LogP contribution is 2.32. The molecule has 2 amide bonds. The molecule has 7 nitrogen and oxygen atoms in total. The van der Waals surface area contributed by atoms with Gasteiger partial charge in [0.05, 0.1) is 29.5 Å². The van der Waals surface area contributed by atoms with Gasteiger partial charge in [-0.2, -0.15) is 5.10 Å². The van der Waals surface area contributed by atoms with Crippen molar-refractivity contribution in [3.05, 3.63) is 53.3 Å². The lowest BCUT2D eigenvalue weighted by Gasteiger charge is -2.37. The average Bonchev–Trinajstić information content (AvgIpc) is 3.24. The third-order valence-corrected chi connectivity index (χ3v) is 5.65. The molecule has 2 N–H and O–H groups in total. The molecule has 0 spiro atoms. The highest BCUT2D eigenvalue weighted by atomic mass is 16.5. The van der Waals surface area contributed by atoms with Crippen LogP contribution in [-0.4, -0.2) is 60.3 Å². The average molecular weight is 399 g/mol. The molecule has 0 unspecified atom stereocenters. The molecule has 1 fully saturated rings. The van der Waals surface area contributed by atoms with E-state index in [0.29, 0.717) is 25.3 Å². The van der Waals surface area contributed by atoms with E-state index in [2.05, 4.69) is 15.5 Å². The van der Waals surface area contributed by atoms with Gasteiger partial charge in [-0.25, -0.2) is 0 Å². The largest absolute Gasteiger partial charge is 0.383 e. The zero-order valence-electron chi connectivity index (χ0n) is 17.4. The standard InChI is InChI=1S/C22H30N4O3/c1-22(2,17-9-5-4-6-10-17)21(28)26-12-7-8-16(15-26)19-18(14-24-25-19)20(27)23-11-13-29-3/h4-6,9-10,14,16H,7-8,11-13,15H2,1-3H3,(H,23,27)(H,24,25)/t16-/m1/s1. The fourth-order valence-corrected chi connectivity index (χ4v) is 3.92. The number of piperidine rings is 1. The number of amides is 2. The topological polar surface area (TPSA) is 87.3 Å². The van der Waals surface area contributed by atoms with Crippen LogP contribution in [0.25, 0.3) is 0 Å². The quantitative estimate of drug-likeness (QED) is 0.702. The summed E-state index contributed by atoms with van der Waals surface area (Å²) < 4.78 is 4.98. The summed E-state index contributed by atoms with van der Waals surface area (Å²) in [4.78, 5) is 27.8. The van der Waals surface area contributed by atoms with Crippen molar-refractivity contribution in [2.45, 2.75) is 38.0 Å². The number of hydrogen-bond acceptors (Lipinski definition) is 4. The molecule has 0 saturated carbocycles. The van der Waals surface area contributed by atoms with Crippen molar-refractivity contribution < 1.29 is 14.3 Å². The number of aromatic amines is 1. The molecule has 2 heterocycles. The van der Waals surface area contributed by atoms with Crippen LogP contribution in [0.4, 0.5) is 0 Å². The van der Waals surface area contributed by atoms with E-state index in [0.717, 1.165) is 30.6 Å². The molecule has 1 atom stereocenters. The minimum absolute atomic E-state index is 0.0601. The highest BCUT2D eigenvalue weighted by Gasteiger charge is 2.37. The van der Waals surface area contributed by atoms with Crippen molar-refractivity contribution in [1.82, 2.24) is 20.4 Å². The molecule has 7 heteroatoms. The fourth-order valence-electron chi connectivity index (χ4n) is 3.92. The van der Waals surface area contributed by atoms with Crippen LogP contribution >= 0.6 is 0 Å². The maximum Gasteiger partial charge on any atom is 0.254 e. The Morgan fingerprint density at radius 2 is 2.07 bits per heavy atom. The van der Waals surface area contributed by atoms with Crippen LogP contribution in [0, 0.1) is 0 Å². The maximum atomic E-state index is 13.3. The number of benzene rings is 1. The SMILES string of the molecule is COCCNC(=O)c1cn[nH]c1[C@@H]1CCCN(C(=O)C(C)(C)c2ccccc2)C1. The van der Waals surface area contributed by atoms with Crippen molar-refractivity contribution in [2.24, 2.45) is 0 Å². The van der Waals surface area contributed by atoms with Crippen LogP contribution < -0.4 is 5.32 Å². The molecule has 1 aromatic heterocycles. The zero-order chi connectivity index (χ0) is 20.9. The first-order chi connectivity index (χ1) is 13.9. The Kier molecular flexibility index (Phi) is 6.69. The summed E-state index contributed by atoms with van der Waals surface area (Å²) >= 11 is 0. The second kappa shape index (κ2) is 9.22. The van der Waals surface area contributed by atoms with Crippen molar-refractivity contribution in [3.63, 3.8) is 0 Å².